The highest BCUT2D eigenvalue weighted by atomic mass is 16.6. The predicted molar refractivity (Wildman–Crippen MR) is 86.5 cm³/mol. The topological polar surface area (TPSA) is 77.1 Å². The molecule has 7 heteroatoms. The number of carbonyl (C=O) groups excluding carboxylic acids is 2. The number of hydrogen-bond donors (Lipinski definition) is 1. The number of ether oxygens (including phenoxy) is 3. The Morgan fingerprint density at radius 2 is 2.17 bits per heavy atom. The molecule has 3 rings (SSSR count). The predicted octanol–water partition coefficient (Wildman–Crippen LogP) is 1.81. The average molecular weight is 334 g/mol. The maximum absolute atomic E-state index is 12.9. The summed E-state index contributed by atoms with van der Waals surface area (Å²) in [5.41, 5.74) is 0.504. The van der Waals surface area contributed by atoms with E-state index >= 15 is 0 Å². The number of alkyl carbamates (subject to hydrolysis) is 1. The zero-order chi connectivity index (χ0) is 16.9. The standard InChI is InChI=1S/C17H22N2O5/c1-2-22-17(21)18-12-5-4-8-19(11-12)16(20)13-6-3-7-14-15(13)24-10-9-23-14/h3,6-7,12H,2,4-5,8-11H2,1H3,(H,18,21)/t12-/m1/s1. The van der Waals surface area contributed by atoms with Gasteiger partial charge in [-0.2, -0.15) is 0 Å². The van der Waals surface area contributed by atoms with Crippen LogP contribution in [-0.2, 0) is 4.74 Å². The van der Waals surface area contributed by atoms with Gasteiger partial charge in [0.05, 0.1) is 12.2 Å². The number of para-hydroxylation sites is 1. The summed E-state index contributed by atoms with van der Waals surface area (Å²) < 4.78 is 16.1. The fraction of sp³-hybridized carbons (Fsp3) is 0.529. The van der Waals surface area contributed by atoms with Crippen molar-refractivity contribution < 1.29 is 23.8 Å². The van der Waals surface area contributed by atoms with Crippen LogP contribution >= 0.6 is 0 Å². The van der Waals surface area contributed by atoms with Crippen molar-refractivity contribution in [2.75, 3.05) is 32.9 Å². The van der Waals surface area contributed by atoms with Crippen LogP contribution in [-0.4, -0.2) is 55.9 Å². The first-order chi connectivity index (χ1) is 11.7. The van der Waals surface area contributed by atoms with Crippen molar-refractivity contribution >= 4 is 12.0 Å². The van der Waals surface area contributed by atoms with Crippen LogP contribution in [0.15, 0.2) is 18.2 Å². The van der Waals surface area contributed by atoms with Crippen molar-refractivity contribution in [2.24, 2.45) is 0 Å². The molecule has 0 bridgehead atoms. The Balaban J connectivity index is 1.70. The quantitative estimate of drug-likeness (QED) is 0.912. The summed E-state index contributed by atoms with van der Waals surface area (Å²) >= 11 is 0. The number of benzene rings is 1. The summed E-state index contributed by atoms with van der Waals surface area (Å²) in [4.78, 5) is 26.2. The number of piperidine rings is 1. The van der Waals surface area contributed by atoms with Gasteiger partial charge in [0.1, 0.15) is 13.2 Å². The molecule has 2 heterocycles. The van der Waals surface area contributed by atoms with Gasteiger partial charge in [0.25, 0.3) is 5.91 Å². The minimum absolute atomic E-state index is 0.0987. The molecular formula is C17H22N2O5. The maximum Gasteiger partial charge on any atom is 0.407 e. The van der Waals surface area contributed by atoms with Gasteiger partial charge in [-0.1, -0.05) is 6.07 Å². The Bertz CT molecular complexity index is 619. The molecule has 0 aliphatic carbocycles. The van der Waals surface area contributed by atoms with E-state index in [0.717, 1.165) is 12.8 Å². The van der Waals surface area contributed by atoms with Crippen LogP contribution < -0.4 is 14.8 Å². The van der Waals surface area contributed by atoms with E-state index in [-0.39, 0.29) is 11.9 Å². The zero-order valence-electron chi connectivity index (χ0n) is 13.7. The van der Waals surface area contributed by atoms with Crippen LogP contribution in [0.25, 0.3) is 0 Å². The van der Waals surface area contributed by atoms with Gasteiger partial charge in [-0.3, -0.25) is 4.79 Å². The molecule has 1 aromatic carbocycles. The van der Waals surface area contributed by atoms with Gasteiger partial charge in [-0.25, -0.2) is 4.79 Å². The molecule has 2 aliphatic rings. The number of fused-ring (bicyclic) bond motifs is 1. The number of amides is 2. The summed E-state index contributed by atoms with van der Waals surface area (Å²) in [5, 5.41) is 2.81. The van der Waals surface area contributed by atoms with Crippen LogP contribution in [0.4, 0.5) is 4.79 Å². The number of carbonyl (C=O) groups is 2. The molecule has 0 radical (unpaired) electrons. The summed E-state index contributed by atoms with van der Waals surface area (Å²) in [7, 11) is 0. The van der Waals surface area contributed by atoms with Crippen LogP contribution in [0.2, 0.25) is 0 Å². The average Bonchev–Trinajstić information content (AvgIpc) is 2.61. The second-order valence-electron chi connectivity index (χ2n) is 5.78. The third-order valence-electron chi connectivity index (χ3n) is 4.10. The summed E-state index contributed by atoms with van der Waals surface area (Å²) in [6.45, 7) is 4.13. The van der Waals surface area contributed by atoms with Gasteiger partial charge in [0, 0.05) is 19.1 Å². The van der Waals surface area contributed by atoms with Crippen LogP contribution in [0.5, 0.6) is 11.5 Å². The molecule has 0 unspecified atom stereocenters. The van der Waals surface area contributed by atoms with E-state index in [0.29, 0.717) is 50.0 Å². The normalized spacial score (nSPS) is 19.5. The van der Waals surface area contributed by atoms with Crippen LogP contribution in [0.1, 0.15) is 30.1 Å². The van der Waals surface area contributed by atoms with E-state index in [1.807, 2.05) is 0 Å². The summed E-state index contributed by atoms with van der Waals surface area (Å²) in [6.07, 6.45) is 1.22. The van der Waals surface area contributed by atoms with E-state index in [9.17, 15) is 9.59 Å². The molecule has 0 aromatic heterocycles. The van der Waals surface area contributed by atoms with E-state index in [4.69, 9.17) is 14.2 Å². The lowest BCUT2D eigenvalue weighted by Gasteiger charge is -2.33. The number of likely N-dealkylation sites (tertiary alicyclic amines) is 1. The molecule has 1 atom stereocenters. The third kappa shape index (κ3) is 3.55. The lowest BCUT2D eigenvalue weighted by atomic mass is 10.0. The Morgan fingerprint density at radius 1 is 1.33 bits per heavy atom. The lowest BCUT2D eigenvalue weighted by Crippen LogP contribution is -2.49. The first-order valence-corrected chi connectivity index (χ1v) is 8.30. The number of hydrogen-bond acceptors (Lipinski definition) is 5. The van der Waals surface area contributed by atoms with E-state index in [1.54, 1.807) is 30.0 Å². The Labute approximate surface area is 140 Å². The molecule has 2 aliphatic heterocycles. The van der Waals surface area contributed by atoms with Gasteiger partial charge >= 0.3 is 6.09 Å². The fourth-order valence-electron chi connectivity index (χ4n) is 3.03. The molecule has 0 spiro atoms. The molecule has 1 aromatic rings. The Kier molecular flexibility index (Phi) is 5.08. The molecule has 1 saturated heterocycles. The third-order valence-corrected chi connectivity index (χ3v) is 4.10. The first kappa shape index (κ1) is 16.4. The minimum Gasteiger partial charge on any atom is -0.486 e. The Morgan fingerprint density at radius 3 is 3.00 bits per heavy atom. The zero-order valence-corrected chi connectivity index (χ0v) is 13.7. The molecule has 130 valence electrons. The van der Waals surface area contributed by atoms with Crippen LogP contribution in [0.3, 0.4) is 0 Å². The molecule has 0 saturated carbocycles. The Hall–Kier alpha value is -2.44. The van der Waals surface area contributed by atoms with Crippen LogP contribution in [0, 0.1) is 0 Å². The highest BCUT2D eigenvalue weighted by Crippen LogP contribution is 2.34. The molecule has 24 heavy (non-hydrogen) atoms. The van der Waals surface area contributed by atoms with Gasteiger partial charge in [0.15, 0.2) is 11.5 Å². The fourth-order valence-corrected chi connectivity index (χ4v) is 3.03. The minimum atomic E-state index is -0.439. The highest BCUT2D eigenvalue weighted by molar-refractivity contribution is 5.98. The number of nitrogens with one attached hydrogen (secondary N) is 1. The van der Waals surface area contributed by atoms with E-state index < -0.39 is 6.09 Å². The smallest absolute Gasteiger partial charge is 0.407 e. The molecular weight excluding hydrogens is 312 g/mol. The number of rotatable bonds is 3. The lowest BCUT2D eigenvalue weighted by molar-refractivity contribution is 0.0676. The first-order valence-electron chi connectivity index (χ1n) is 8.30. The van der Waals surface area contributed by atoms with Gasteiger partial charge < -0.3 is 24.4 Å². The monoisotopic (exact) mass is 334 g/mol. The van der Waals surface area contributed by atoms with Gasteiger partial charge in [0.2, 0.25) is 0 Å². The van der Waals surface area contributed by atoms with Crippen molar-refractivity contribution in [3.63, 3.8) is 0 Å². The molecule has 2 amide bonds. The SMILES string of the molecule is CCOC(=O)N[C@@H]1CCCN(C(=O)c2cccc3c2OCCO3)C1. The number of nitrogens with zero attached hydrogens (tertiary/aromatic N) is 1. The van der Waals surface area contributed by atoms with Crippen molar-refractivity contribution in [3.8, 4) is 11.5 Å². The van der Waals surface area contributed by atoms with Crippen molar-refractivity contribution in [1.82, 2.24) is 10.2 Å². The van der Waals surface area contributed by atoms with E-state index in [1.165, 1.54) is 0 Å². The van der Waals surface area contributed by atoms with Gasteiger partial charge in [-0.05, 0) is 31.9 Å². The molecule has 1 fully saturated rings. The summed E-state index contributed by atoms with van der Waals surface area (Å²) in [6, 6.07) is 5.24. The van der Waals surface area contributed by atoms with Crippen molar-refractivity contribution in [1.29, 1.82) is 0 Å². The largest absolute Gasteiger partial charge is 0.486 e. The van der Waals surface area contributed by atoms with Crippen molar-refractivity contribution in [3.05, 3.63) is 23.8 Å². The maximum atomic E-state index is 12.9. The molecule has 7 nitrogen and oxygen atoms in total. The second-order valence-corrected chi connectivity index (χ2v) is 5.78. The van der Waals surface area contributed by atoms with Crippen molar-refractivity contribution in [2.45, 2.75) is 25.8 Å². The molecule has 1 N–H and O–H groups in total. The highest BCUT2D eigenvalue weighted by Gasteiger charge is 2.29. The second kappa shape index (κ2) is 7.42. The van der Waals surface area contributed by atoms with Gasteiger partial charge in [-0.15, -0.1) is 0 Å². The van der Waals surface area contributed by atoms with E-state index in [2.05, 4.69) is 5.32 Å². The summed E-state index contributed by atoms with van der Waals surface area (Å²) in [5.74, 6) is 1.01.